The van der Waals surface area contributed by atoms with Gasteiger partial charge in [0.2, 0.25) is 0 Å². The third-order valence-electron chi connectivity index (χ3n) is 6.78. The number of rotatable bonds is 4. The molecule has 0 unspecified atom stereocenters. The molecule has 200 valence electrons. The average Bonchev–Trinajstić information content (AvgIpc) is 3.54. The van der Waals surface area contributed by atoms with Gasteiger partial charge in [0.15, 0.2) is 17.0 Å². The minimum atomic E-state index is -4.75. The number of halogens is 4. The number of hydrogen-bond acceptors (Lipinski definition) is 6. The first-order chi connectivity index (χ1) is 17.8. The highest BCUT2D eigenvalue weighted by molar-refractivity contribution is 9.10. The van der Waals surface area contributed by atoms with Crippen LogP contribution in [0.25, 0.3) is 16.2 Å². The molecule has 0 fully saturated rings. The fourth-order valence-corrected chi connectivity index (χ4v) is 7.26. The SMILES string of the molecule is CC(C)(C)[C@@H]1CCc2c(sc(NC(=O)c3nn4c(C(F)(F)F)cc(-c5cccs5)nc4c3Br)c2C(N)=O)C1. The largest absolute Gasteiger partial charge is 0.433 e. The fraction of sp³-hybridized carbons (Fsp3) is 0.360. The molecule has 4 heterocycles. The number of thiophene rings is 2. The summed E-state index contributed by atoms with van der Waals surface area (Å²) >= 11 is 5.76. The van der Waals surface area contributed by atoms with E-state index in [2.05, 4.69) is 52.1 Å². The number of anilines is 1. The molecule has 1 aliphatic rings. The van der Waals surface area contributed by atoms with Crippen LogP contribution >= 0.6 is 38.6 Å². The molecule has 0 aliphatic heterocycles. The maximum Gasteiger partial charge on any atom is 0.433 e. The molecule has 1 aliphatic carbocycles. The van der Waals surface area contributed by atoms with Crippen molar-refractivity contribution in [2.75, 3.05) is 5.32 Å². The van der Waals surface area contributed by atoms with E-state index in [4.69, 9.17) is 5.73 Å². The quantitative estimate of drug-likeness (QED) is 0.260. The van der Waals surface area contributed by atoms with Gasteiger partial charge in [0.05, 0.1) is 20.6 Å². The van der Waals surface area contributed by atoms with Gasteiger partial charge in [0.25, 0.3) is 11.8 Å². The molecule has 0 saturated heterocycles. The van der Waals surface area contributed by atoms with Crippen LogP contribution in [0.2, 0.25) is 0 Å². The summed E-state index contributed by atoms with van der Waals surface area (Å²) in [6.07, 6.45) is -2.45. The molecule has 1 atom stereocenters. The molecule has 38 heavy (non-hydrogen) atoms. The average molecular weight is 627 g/mol. The molecule has 0 aromatic carbocycles. The molecule has 0 bridgehead atoms. The topological polar surface area (TPSA) is 102 Å². The van der Waals surface area contributed by atoms with Crippen molar-refractivity contribution in [3.8, 4) is 10.6 Å². The van der Waals surface area contributed by atoms with E-state index in [1.165, 1.54) is 22.7 Å². The number of nitrogens with two attached hydrogens (primary N) is 1. The number of carbonyl (C=O) groups excluding carboxylic acids is 2. The Bertz CT molecular complexity index is 1570. The lowest BCUT2D eigenvalue weighted by molar-refractivity contribution is -0.142. The first-order valence-electron chi connectivity index (χ1n) is 11.7. The van der Waals surface area contributed by atoms with Crippen molar-refractivity contribution >= 4 is 61.1 Å². The maximum atomic E-state index is 14.0. The number of amides is 2. The van der Waals surface area contributed by atoms with E-state index in [0.29, 0.717) is 21.7 Å². The number of carbonyl (C=O) groups is 2. The van der Waals surface area contributed by atoms with Crippen LogP contribution in [0.5, 0.6) is 0 Å². The normalized spacial score (nSPS) is 16.0. The molecule has 0 spiro atoms. The molecule has 4 aromatic heterocycles. The third kappa shape index (κ3) is 4.75. The minimum absolute atomic E-state index is 0.00801. The fourth-order valence-electron chi connectivity index (χ4n) is 4.73. The van der Waals surface area contributed by atoms with Gasteiger partial charge in [-0.25, -0.2) is 9.50 Å². The molecule has 5 rings (SSSR count). The summed E-state index contributed by atoms with van der Waals surface area (Å²) in [7, 11) is 0. The molecule has 0 radical (unpaired) electrons. The van der Waals surface area contributed by atoms with Gasteiger partial charge >= 0.3 is 6.18 Å². The summed E-state index contributed by atoms with van der Waals surface area (Å²) in [5.41, 5.74) is 5.45. The Balaban J connectivity index is 1.55. The number of hydrogen-bond donors (Lipinski definition) is 2. The van der Waals surface area contributed by atoms with E-state index in [1.807, 2.05) is 0 Å². The summed E-state index contributed by atoms with van der Waals surface area (Å²) in [5, 5.41) is 8.66. The molecular weight excluding hydrogens is 603 g/mol. The predicted octanol–water partition coefficient (Wildman–Crippen LogP) is 6.80. The Hall–Kier alpha value is -2.77. The second kappa shape index (κ2) is 9.45. The number of primary amides is 1. The zero-order valence-corrected chi connectivity index (χ0v) is 23.8. The second-order valence-electron chi connectivity index (χ2n) is 10.2. The molecule has 4 aromatic rings. The molecule has 7 nitrogen and oxygen atoms in total. The lowest BCUT2D eigenvalue weighted by atomic mass is 9.72. The van der Waals surface area contributed by atoms with Crippen molar-refractivity contribution in [3.05, 3.63) is 55.4 Å². The van der Waals surface area contributed by atoms with E-state index in [0.717, 1.165) is 29.3 Å². The van der Waals surface area contributed by atoms with Crippen LogP contribution in [0, 0.1) is 11.3 Å². The lowest BCUT2D eigenvalue weighted by Gasteiger charge is -2.33. The third-order valence-corrected chi connectivity index (χ3v) is 9.57. The van der Waals surface area contributed by atoms with E-state index < -0.39 is 23.7 Å². The Morgan fingerprint density at radius 1 is 1.26 bits per heavy atom. The Morgan fingerprint density at radius 3 is 2.61 bits per heavy atom. The van der Waals surface area contributed by atoms with Crippen molar-refractivity contribution in [2.24, 2.45) is 17.1 Å². The molecule has 0 saturated carbocycles. The highest BCUT2D eigenvalue weighted by Crippen LogP contribution is 2.44. The van der Waals surface area contributed by atoms with Gasteiger partial charge in [-0.1, -0.05) is 26.8 Å². The van der Waals surface area contributed by atoms with Gasteiger partial charge in [-0.3, -0.25) is 9.59 Å². The van der Waals surface area contributed by atoms with Crippen LogP contribution in [0.1, 0.15) is 64.2 Å². The molecule has 3 N–H and O–H groups in total. The predicted molar refractivity (Wildman–Crippen MR) is 145 cm³/mol. The van der Waals surface area contributed by atoms with Gasteiger partial charge in [-0.15, -0.1) is 22.7 Å². The summed E-state index contributed by atoms with van der Waals surface area (Å²) < 4.78 is 42.5. The molecule has 13 heteroatoms. The van der Waals surface area contributed by atoms with Crippen molar-refractivity contribution in [1.82, 2.24) is 14.6 Å². The summed E-state index contributed by atoms with van der Waals surface area (Å²) in [6.45, 7) is 6.51. The van der Waals surface area contributed by atoms with E-state index in [9.17, 15) is 22.8 Å². The van der Waals surface area contributed by atoms with Crippen LogP contribution < -0.4 is 11.1 Å². The van der Waals surface area contributed by atoms with Crippen molar-refractivity contribution in [3.63, 3.8) is 0 Å². The monoisotopic (exact) mass is 625 g/mol. The first kappa shape index (κ1) is 26.8. The number of fused-ring (bicyclic) bond motifs is 2. The van der Waals surface area contributed by atoms with Crippen LogP contribution in [0.15, 0.2) is 28.1 Å². The van der Waals surface area contributed by atoms with Gasteiger partial charge < -0.3 is 11.1 Å². The Morgan fingerprint density at radius 2 is 2.00 bits per heavy atom. The Kier molecular flexibility index (Phi) is 6.67. The van der Waals surface area contributed by atoms with Crippen molar-refractivity contribution in [2.45, 2.75) is 46.2 Å². The van der Waals surface area contributed by atoms with E-state index in [-0.39, 0.29) is 37.5 Å². The minimum Gasteiger partial charge on any atom is -0.365 e. The summed E-state index contributed by atoms with van der Waals surface area (Å²) in [5.74, 6) is -1.04. The summed E-state index contributed by atoms with van der Waals surface area (Å²) in [6, 6.07) is 4.28. The smallest absolute Gasteiger partial charge is 0.365 e. The van der Waals surface area contributed by atoms with Gasteiger partial charge in [0, 0.05) is 4.88 Å². The van der Waals surface area contributed by atoms with E-state index in [1.54, 1.807) is 17.5 Å². The standard InChI is InChI=1S/C25H23BrF3N5O2S2/c1-24(2,3)11-6-7-12-15(9-11)38-23(17(12)20(30)35)32-22(36)19-18(26)21-31-13(14-5-4-8-37-14)10-16(25(27,28)29)34(21)33-19/h4-5,8,10-11H,6-7,9H2,1-3H3,(H2,30,35)(H,32,36)/t11-/m1/s1. The van der Waals surface area contributed by atoms with Gasteiger partial charge in [-0.2, -0.15) is 18.3 Å². The van der Waals surface area contributed by atoms with Crippen LogP contribution in [0.3, 0.4) is 0 Å². The highest BCUT2D eigenvalue weighted by atomic mass is 79.9. The van der Waals surface area contributed by atoms with Crippen LogP contribution in [-0.4, -0.2) is 26.4 Å². The number of aromatic nitrogens is 3. The van der Waals surface area contributed by atoms with Crippen molar-refractivity contribution < 1.29 is 22.8 Å². The lowest BCUT2D eigenvalue weighted by Crippen LogP contribution is -2.27. The number of nitrogens with zero attached hydrogens (tertiary/aromatic N) is 3. The molecule has 2 amide bonds. The van der Waals surface area contributed by atoms with Gasteiger partial charge in [-0.05, 0) is 69.6 Å². The second-order valence-corrected chi connectivity index (χ2v) is 13.1. The maximum absolute atomic E-state index is 14.0. The highest BCUT2D eigenvalue weighted by Gasteiger charge is 2.37. The van der Waals surface area contributed by atoms with Crippen LogP contribution in [0.4, 0.5) is 18.2 Å². The zero-order chi connectivity index (χ0) is 27.6. The number of alkyl halides is 3. The summed E-state index contributed by atoms with van der Waals surface area (Å²) in [4.78, 5) is 31.6. The first-order valence-corrected chi connectivity index (χ1v) is 14.2. The van der Waals surface area contributed by atoms with Crippen molar-refractivity contribution in [1.29, 1.82) is 0 Å². The van der Waals surface area contributed by atoms with Gasteiger partial charge in [0.1, 0.15) is 5.00 Å². The molecular formula is C25H23BrF3N5O2S2. The number of nitrogens with one attached hydrogen (secondary N) is 1. The van der Waals surface area contributed by atoms with E-state index >= 15 is 0 Å². The Labute approximate surface area is 232 Å². The van der Waals surface area contributed by atoms with Crippen LogP contribution in [-0.2, 0) is 19.0 Å². The zero-order valence-electron chi connectivity index (χ0n) is 20.6.